The quantitative estimate of drug-likeness (QED) is 0.382. The van der Waals surface area contributed by atoms with Crippen molar-refractivity contribution in [1.29, 1.82) is 5.26 Å². The molecule has 5 nitrogen and oxygen atoms in total. The molecule has 158 valence electrons. The van der Waals surface area contributed by atoms with Crippen LogP contribution in [0.4, 0.5) is 0 Å². The van der Waals surface area contributed by atoms with Crippen molar-refractivity contribution in [3.63, 3.8) is 0 Å². The average Bonchev–Trinajstić information content (AvgIpc) is 3.49. The van der Waals surface area contributed by atoms with Gasteiger partial charge in [-0.3, -0.25) is 9.48 Å². The summed E-state index contributed by atoms with van der Waals surface area (Å²) in [4.78, 5) is 13.8. The highest BCUT2D eigenvalue weighted by molar-refractivity contribution is 7.13. The fourth-order valence-electron chi connectivity index (χ4n) is 3.49. The number of carbonyl (C=O) groups is 1. The zero-order valence-corrected chi connectivity index (χ0v) is 18.2. The first-order valence-electron chi connectivity index (χ1n) is 10.3. The molecule has 32 heavy (non-hydrogen) atoms. The molecule has 1 atom stereocenters. The first kappa shape index (κ1) is 21.3. The molecule has 0 aliphatic carbocycles. The van der Waals surface area contributed by atoms with E-state index in [4.69, 9.17) is 5.26 Å². The van der Waals surface area contributed by atoms with Gasteiger partial charge in [-0.15, -0.1) is 11.3 Å². The number of benzene rings is 2. The molecule has 2 heterocycles. The fraction of sp³-hybridized carbons (Fsp3) is 0.115. The summed E-state index contributed by atoms with van der Waals surface area (Å²) >= 11 is 1.57. The van der Waals surface area contributed by atoms with Gasteiger partial charge in [0, 0.05) is 17.8 Å². The lowest BCUT2D eigenvalue weighted by atomic mass is 9.99. The van der Waals surface area contributed by atoms with Gasteiger partial charge in [0.05, 0.1) is 17.0 Å². The summed E-state index contributed by atoms with van der Waals surface area (Å²) in [5.41, 5.74) is 3.78. The number of nitrogens with zero attached hydrogens (tertiary/aromatic N) is 3. The normalized spacial score (nSPS) is 11.8. The predicted octanol–water partition coefficient (Wildman–Crippen LogP) is 5.25. The molecule has 1 unspecified atom stereocenters. The maximum absolute atomic E-state index is 12.8. The molecule has 0 radical (unpaired) electrons. The molecular formula is C26H22N4OS. The lowest BCUT2D eigenvalue weighted by Crippen LogP contribution is -2.28. The fourth-order valence-corrected chi connectivity index (χ4v) is 4.22. The molecular weight excluding hydrogens is 416 g/mol. The van der Waals surface area contributed by atoms with E-state index in [1.807, 2.05) is 66.0 Å². The van der Waals surface area contributed by atoms with E-state index >= 15 is 0 Å². The topological polar surface area (TPSA) is 70.7 Å². The Morgan fingerprint density at radius 1 is 1.09 bits per heavy atom. The molecule has 4 aromatic rings. The van der Waals surface area contributed by atoms with Crippen LogP contribution in [0, 0.1) is 11.3 Å². The number of rotatable bonds is 8. The monoisotopic (exact) mass is 438 g/mol. The number of nitriles is 1. The van der Waals surface area contributed by atoms with Crippen LogP contribution < -0.4 is 5.32 Å². The number of hydrogen-bond acceptors (Lipinski definition) is 4. The molecule has 0 aliphatic heterocycles. The predicted molar refractivity (Wildman–Crippen MR) is 128 cm³/mol. The minimum Gasteiger partial charge on any atom is -0.345 e. The molecule has 4 rings (SSSR count). The molecule has 2 aromatic carbocycles. The van der Waals surface area contributed by atoms with E-state index in [1.165, 1.54) is 6.08 Å². The van der Waals surface area contributed by atoms with E-state index in [1.54, 1.807) is 28.3 Å². The number of nitrogens with one attached hydrogen (secondary N) is 1. The van der Waals surface area contributed by atoms with Gasteiger partial charge in [-0.2, -0.15) is 10.4 Å². The molecule has 0 bridgehead atoms. The van der Waals surface area contributed by atoms with Gasteiger partial charge in [-0.1, -0.05) is 66.7 Å². The van der Waals surface area contributed by atoms with Crippen LogP contribution in [0.25, 0.3) is 16.6 Å². The molecule has 0 aliphatic rings. The number of carbonyl (C=O) groups excluding carboxylic acids is 1. The maximum atomic E-state index is 12.8. The Morgan fingerprint density at radius 2 is 1.84 bits per heavy atom. The van der Waals surface area contributed by atoms with Crippen LogP contribution in [-0.2, 0) is 17.8 Å². The van der Waals surface area contributed by atoms with Crippen molar-refractivity contribution in [3.8, 4) is 16.6 Å². The number of hydrogen-bond donors (Lipinski definition) is 1. The van der Waals surface area contributed by atoms with Gasteiger partial charge < -0.3 is 5.32 Å². The van der Waals surface area contributed by atoms with Crippen LogP contribution in [-0.4, -0.2) is 15.7 Å². The van der Waals surface area contributed by atoms with Crippen LogP contribution in [0.1, 0.15) is 22.7 Å². The van der Waals surface area contributed by atoms with Crippen molar-refractivity contribution in [2.75, 3.05) is 0 Å². The first-order chi connectivity index (χ1) is 15.7. The van der Waals surface area contributed by atoms with Gasteiger partial charge >= 0.3 is 0 Å². The van der Waals surface area contributed by atoms with E-state index in [9.17, 15) is 4.79 Å². The van der Waals surface area contributed by atoms with Crippen molar-refractivity contribution in [2.45, 2.75) is 19.0 Å². The van der Waals surface area contributed by atoms with Crippen molar-refractivity contribution in [1.82, 2.24) is 15.1 Å². The summed E-state index contributed by atoms with van der Waals surface area (Å²) < 4.78 is 1.59. The zero-order chi connectivity index (χ0) is 22.2. The Morgan fingerprint density at radius 3 is 2.53 bits per heavy atom. The third-order valence-corrected chi connectivity index (χ3v) is 5.87. The Kier molecular flexibility index (Phi) is 6.91. The van der Waals surface area contributed by atoms with Crippen LogP contribution >= 0.6 is 11.3 Å². The van der Waals surface area contributed by atoms with E-state index in [0.717, 1.165) is 27.3 Å². The number of aromatic nitrogens is 2. The largest absolute Gasteiger partial charge is 0.345 e. The standard InChI is InChI=1S/C26H22N4OS/c27-15-16-30-19-22(26(29-30)24-12-7-17-32-24)13-14-25(31)28-23(21-10-5-2-6-11-21)18-20-8-3-1-4-9-20/h1-14,17,19,23H,16,18H2,(H,28,31). The van der Waals surface area contributed by atoms with Gasteiger partial charge in [0.1, 0.15) is 12.2 Å². The van der Waals surface area contributed by atoms with Gasteiger partial charge in [0.15, 0.2) is 0 Å². The van der Waals surface area contributed by atoms with Crippen molar-refractivity contribution >= 4 is 23.3 Å². The number of thiophene rings is 1. The van der Waals surface area contributed by atoms with E-state index < -0.39 is 0 Å². The van der Waals surface area contributed by atoms with Gasteiger partial charge in [0.2, 0.25) is 5.91 Å². The molecule has 0 saturated carbocycles. The number of amides is 1. The third kappa shape index (κ3) is 5.39. The summed E-state index contributed by atoms with van der Waals surface area (Å²) in [5.74, 6) is -0.181. The summed E-state index contributed by atoms with van der Waals surface area (Å²) in [6, 6.07) is 26.0. The summed E-state index contributed by atoms with van der Waals surface area (Å²) in [6.45, 7) is 0.158. The molecule has 6 heteroatoms. The minimum absolute atomic E-state index is 0.145. The Balaban J connectivity index is 1.54. The molecule has 0 saturated heterocycles. The highest BCUT2D eigenvalue weighted by atomic mass is 32.1. The highest BCUT2D eigenvalue weighted by Crippen LogP contribution is 2.27. The molecule has 2 aromatic heterocycles. The summed E-state index contributed by atoms with van der Waals surface area (Å²) in [7, 11) is 0. The van der Waals surface area contributed by atoms with E-state index in [0.29, 0.717) is 6.42 Å². The van der Waals surface area contributed by atoms with E-state index in [2.05, 4.69) is 28.6 Å². The lowest BCUT2D eigenvalue weighted by Gasteiger charge is -2.18. The SMILES string of the molecule is N#CCn1cc(C=CC(=O)NC(Cc2ccccc2)c2ccccc2)c(-c2cccs2)n1. The highest BCUT2D eigenvalue weighted by Gasteiger charge is 2.15. The molecule has 1 N–H and O–H groups in total. The Labute approximate surface area is 191 Å². The molecule has 1 amide bonds. The van der Waals surface area contributed by atoms with Gasteiger partial charge in [-0.25, -0.2) is 0 Å². The van der Waals surface area contributed by atoms with Gasteiger partial charge in [0.25, 0.3) is 0 Å². The molecule has 0 fully saturated rings. The van der Waals surface area contributed by atoms with Crippen LogP contribution in [0.5, 0.6) is 0 Å². The Bertz CT molecular complexity index is 1220. The van der Waals surface area contributed by atoms with E-state index in [-0.39, 0.29) is 18.5 Å². The lowest BCUT2D eigenvalue weighted by molar-refractivity contribution is -0.117. The first-order valence-corrected chi connectivity index (χ1v) is 11.2. The molecule has 0 spiro atoms. The van der Waals surface area contributed by atoms with Crippen molar-refractivity contribution in [2.24, 2.45) is 0 Å². The smallest absolute Gasteiger partial charge is 0.244 e. The van der Waals surface area contributed by atoms with Crippen molar-refractivity contribution in [3.05, 3.63) is 107 Å². The minimum atomic E-state index is -0.181. The second-order valence-corrected chi connectivity index (χ2v) is 8.21. The zero-order valence-electron chi connectivity index (χ0n) is 17.4. The van der Waals surface area contributed by atoms with Crippen molar-refractivity contribution < 1.29 is 4.79 Å². The van der Waals surface area contributed by atoms with Gasteiger partial charge in [-0.05, 0) is 35.1 Å². The average molecular weight is 439 g/mol. The second kappa shape index (κ2) is 10.4. The second-order valence-electron chi connectivity index (χ2n) is 7.26. The van der Waals surface area contributed by atoms with Crippen LogP contribution in [0.15, 0.2) is 90.4 Å². The van der Waals surface area contributed by atoms with Crippen LogP contribution in [0.2, 0.25) is 0 Å². The third-order valence-electron chi connectivity index (χ3n) is 4.99. The van der Waals surface area contributed by atoms with Crippen LogP contribution in [0.3, 0.4) is 0 Å². The Hall–Kier alpha value is -3.95. The summed E-state index contributed by atoms with van der Waals surface area (Å²) in [5, 5.41) is 18.6. The summed E-state index contributed by atoms with van der Waals surface area (Å²) in [6.07, 6.45) is 5.79. The maximum Gasteiger partial charge on any atom is 0.244 e.